The topological polar surface area (TPSA) is 213 Å². The van der Waals surface area contributed by atoms with Crippen LogP contribution in [0.25, 0.3) is 0 Å². The van der Waals surface area contributed by atoms with Crippen LogP contribution in [0.15, 0.2) is 30.3 Å². The number of nitrogens with zero attached hydrogens (tertiary/aromatic N) is 1. The van der Waals surface area contributed by atoms with Crippen LogP contribution in [0.1, 0.15) is 44.7 Å². The summed E-state index contributed by atoms with van der Waals surface area (Å²) in [5.74, 6) is -4.45. The number of amides is 1. The highest BCUT2D eigenvalue weighted by Gasteiger charge is 2.29. The van der Waals surface area contributed by atoms with E-state index in [1.807, 2.05) is 0 Å². The summed E-state index contributed by atoms with van der Waals surface area (Å²) in [6.45, 7) is -1.44. The molecular formula is C25H28N4O9. The van der Waals surface area contributed by atoms with E-state index in [-0.39, 0.29) is 60.1 Å². The number of rotatable bonds is 9. The van der Waals surface area contributed by atoms with Gasteiger partial charge in [0, 0.05) is 18.7 Å². The first-order chi connectivity index (χ1) is 18.1. The maximum atomic E-state index is 13.5. The fourth-order valence-corrected chi connectivity index (χ4v) is 4.03. The van der Waals surface area contributed by atoms with Crippen molar-refractivity contribution in [2.45, 2.75) is 25.7 Å². The average molecular weight is 529 g/mol. The number of hydrogen-bond acceptors (Lipinski definition) is 8. The lowest BCUT2D eigenvalue weighted by Crippen LogP contribution is -2.38. The number of aliphatic hydroxyl groups is 1. The second kappa shape index (κ2) is 12.5. The van der Waals surface area contributed by atoms with Crippen molar-refractivity contribution in [1.82, 2.24) is 4.90 Å². The molecule has 0 aromatic heterocycles. The Morgan fingerprint density at radius 3 is 2.55 bits per heavy atom. The predicted molar refractivity (Wildman–Crippen MR) is 134 cm³/mol. The number of esters is 1. The first-order valence-corrected chi connectivity index (χ1v) is 11.7. The van der Waals surface area contributed by atoms with E-state index in [2.05, 4.69) is 5.32 Å². The number of aryl methyl sites for hydroxylation is 2. The molecule has 38 heavy (non-hydrogen) atoms. The second-order valence-electron chi connectivity index (χ2n) is 8.42. The molecule has 3 rings (SSSR count). The summed E-state index contributed by atoms with van der Waals surface area (Å²) >= 11 is 0. The van der Waals surface area contributed by atoms with Gasteiger partial charge in [0.15, 0.2) is 17.5 Å². The molecule has 202 valence electrons. The zero-order chi connectivity index (χ0) is 27.8. The third-order valence-electron chi connectivity index (χ3n) is 5.66. The normalized spacial score (nSPS) is 12.7. The Balaban J connectivity index is 2.08. The minimum atomic E-state index is -1.31. The van der Waals surface area contributed by atoms with Gasteiger partial charge in [0.2, 0.25) is 0 Å². The second-order valence-corrected chi connectivity index (χ2v) is 8.42. The number of aliphatic hydroxyl groups excluding tert-OH is 1. The number of carbonyl (C=O) groups is 4. The van der Waals surface area contributed by atoms with Gasteiger partial charge in [0.1, 0.15) is 6.54 Å². The zero-order valence-corrected chi connectivity index (χ0v) is 20.4. The lowest BCUT2D eigenvalue weighted by atomic mass is 9.99. The maximum absolute atomic E-state index is 13.5. The number of carboxylic acids is 2. The summed E-state index contributed by atoms with van der Waals surface area (Å²) in [4.78, 5) is 50.1. The molecule has 0 fully saturated rings. The van der Waals surface area contributed by atoms with Crippen molar-refractivity contribution in [3.63, 3.8) is 0 Å². The van der Waals surface area contributed by atoms with E-state index in [0.717, 1.165) is 4.90 Å². The Bertz CT molecular complexity index is 1260. The molecule has 1 heterocycles. The van der Waals surface area contributed by atoms with Crippen LogP contribution < -0.4 is 20.5 Å². The number of carbonyl (C=O) groups excluding carboxylic acids is 2. The van der Waals surface area contributed by atoms with Crippen molar-refractivity contribution in [3.8, 4) is 11.5 Å². The number of guanidine groups is 1. The van der Waals surface area contributed by atoms with Crippen LogP contribution in [0.3, 0.4) is 0 Å². The molecule has 13 heteroatoms. The smallest absolute Gasteiger partial charge is 0.343 e. The Morgan fingerprint density at radius 1 is 1.13 bits per heavy atom. The highest BCUT2D eigenvalue weighted by Crippen LogP contribution is 2.37. The number of aliphatic carboxylic acids is 2. The molecule has 0 saturated carbocycles. The summed E-state index contributed by atoms with van der Waals surface area (Å²) in [5.41, 5.74) is 6.91. The molecule has 7 N–H and O–H groups in total. The largest absolute Gasteiger partial charge is 0.489 e. The number of anilines is 1. The van der Waals surface area contributed by atoms with Gasteiger partial charge in [-0.05, 0) is 54.7 Å². The predicted octanol–water partition coefficient (Wildman–Crippen LogP) is 1.07. The van der Waals surface area contributed by atoms with Gasteiger partial charge in [0.25, 0.3) is 5.91 Å². The Labute approximate surface area is 217 Å². The van der Waals surface area contributed by atoms with Gasteiger partial charge in [-0.1, -0.05) is 6.07 Å². The Morgan fingerprint density at radius 2 is 1.89 bits per heavy atom. The molecule has 1 amide bonds. The summed E-state index contributed by atoms with van der Waals surface area (Å²) in [6.07, 6.45) is 0.397. The maximum Gasteiger partial charge on any atom is 0.343 e. The summed E-state index contributed by atoms with van der Waals surface area (Å²) in [5, 5.41) is 37.9. The molecule has 0 radical (unpaired) electrons. The van der Waals surface area contributed by atoms with Crippen molar-refractivity contribution in [3.05, 3.63) is 52.6 Å². The Hall–Kier alpha value is -4.65. The molecular weight excluding hydrogens is 500 g/mol. The van der Waals surface area contributed by atoms with E-state index in [1.165, 1.54) is 18.2 Å². The van der Waals surface area contributed by atoms with Crippen molar-refractivity contribution in [1.29, 1.82) is 5.41 Å². The fourth-order valence-electron chi connectivity index (χ4n) is 4.03. The SMILES string of the molecule is N=C(N)Nc1ccc2c(c1)CCCOc1c(ccc(CCC(=O)O)c1C(=O)N(CCO)CC(=O)O)OC2=O. The molecule has 1 aliphatic rings. The molecule has 0 atom stereocenters. The number of benzene rings is 2. The van der Waals surface area contributed by atoms with Crippen LogP contribution in [0.2, 0.25) is 0 Å². The molecule has 0 saturated heterocycles. The molecule has 2 aromatic carbocycles. The third kappa shape index (κ3) is 6.97. The van der Waals surface area contributed by atoms with E-state index in [4.69, 9.17) is 20.6 Å². The van der Waals surface area contributed by atoms with E-state index in [9.17, 15) is 34.5 Å². The van der Waals surface area contributed by atoms with Crippen molar-refractivity contribution in [2.24, 2.45) is 5.73 Å². The lowest BCUT2D eigenvalue weighted by Gasteiger charge is -2.25. The number of fused-ring (bicyclic) bond motifs is 2. The minimum Gasteiger partial charge on any atom is -0.489 e. The number of ether oxygens (including phenoxy) is 2. The first-order valence-electron chi connectivity index (χ1n) is 11.7. The number of hydrogen-bond donors (Lipinski definition) is 6. The molecule has 2 aromatic rings. The highest BCUT2D eigenvalue weighted by atomic mass is 16.6. The Kier molecular flexibility index (Phi) is 9.22. The van der Waals surface area contributed by atoms with E-state index in [0.29, 0.717) is 24.1 Å². The highest BCUT2D eigenvalue weighted by molar-refractivity contribution is 6.01. The zero-order valence-electron chi connectivity index (χ0n) is 20.4. The van der Waals surface area contributed by atoms with Crippen molar-refractivity contribution < 1.29 is 44.0 Å². The van der Waals surface area contributed by atoms with Gasteiger partial charge in [-0.25, -0.2) is 4.79 Å². The average Bonchev–Trinajstić information content (AvgIpc) is 2.84. The number of nitrogens with one attached hydrogen (secondary N) is 2. The number of nitrogens with two attached hydrogens (primary N) is 1. The molecule has 0 bridgehead atoms. The van der Waals surface area contributed by atoms with Crippen LogP contribution in [0.4, 0.5) is 5.69 Å². The van der Waals surface area contributed by atoms with Crippen LogP contribution >= 0.6 is 0 Å². The molecule has 0 aliphatic carbocycles. The van der Waals surface area contributed by atoms with Gasteiger partial charge in [-0.15, -0.1) is 0 Å². The molecule has 0 unspecified atom stereocenters. The lowest BCUT2D eigenvalue weighted by molar-refractivity contribution is -0.138. The van der Waals surface area contributed by atoms with E-state index < -0.39 is 37.0 Å². The van der Waals surface area contributed by atoms with Crippen LogP contribution in [-0.2, 0) is 22.4 Å². The summed E-state index contributed by atoms with van der Waals surface area (Å²) < 4.78 is 11.5. The van der Waals surface area contributed by atoms with Gasteiger partial charge >= 0.3 is 17.9 Å². The van der Waals surface area contributed by atoms with Gasteiger partial charge in [0.05, 0.1) is 24.3 Å². The molecule has 13 nitrogen and oxygen atoms in total. The standard InChI is InChI=1S/C25H28N4O9/c26-25(27)28-16-5-6-17-15(12-16)2-1-11-37-22-18(38-24(17)36)7-3-14(4-8-19(31)32)21(22)23(35)29(9-10-30)13-20(33)34/h3,5-7,12,30H,1-2,4,8-11,13H2,(H,31,32)(H,33,34)(H4,26,27,28). The van der Waals surface area contributed by atoms with Crippen LogP contribution in [0.5, 0.6) is 11.5 Å². The van der Waals surface area contributed by atoms with Crippen molar-refractivity contribution in [2.75, 3.05) is 31.6 Å². The van der Waals surface area contributed by atoms with Gasteiger partial charge in [-0.3, -0.25) is 19.8 Å². The summed E-state index contributed by atoms with van der Waals surface area (Å²) in [6, 6.07) is 7.57. The molecule has 0 spiro atoms. The fraction of sp³-hybridized carbons (Fsp3) is 0.320. The van der Waals surface area contributed by atoms with E-state index >= 15 is 0 Å². The monoisotopic (exact) mass is 528 g/mol. The van der Waals surface area contributed by atoms with Crippen molar-refractivity contribution >= 4 is 35.5 Å². The minimum absolute atomic E-state index is 0.0736. The molecule has 1 aliphatic heterocycles. The number of carboxylic acid groups (broad SMARTS) is 2. The van der Waals surface area contributed by atoms with E-state index in [1.54, 1.807) is 12.1 Å². The van der Waals surface area contributed by atoms with Gasteiger partial charge < -0.3 is 40.7 Å². The third-order valence-corrected chi connectivity index (χ3v) is 5.66. The van der Waals surface area contributed by atoms with Gasteiger partial charge in [-0.2, -0.15) is 0 Å². The quantitative estimate of drug-likeness (QED) is 0.117. The van der Waals surface area contributed by atoms with Crippen LogP contribution in [0, 0.1) is 5.41 Å². The first kappa shape index (κ1) is 27.9. The van der Waals surface area contributed by atoms with Crippen LogP contribution in [-0.4, -0.2) is 76.3 Å². The summed E-state index contributed by atoms with van der Waals surface area (Å²) in [7, 11) is 0.